The summed E-state index contributed by atoms with van der Waals surface area (Å²) in [6.45, 7) is 0. The van der Waals surface area contributed by atoms with Gasteiger partial charge < -0.3 is 4.57 Å². The van der Waals surface area contributed by atoms with Crippen LogP contribution in [-0.4, -0.2) is 18.9 Å². The van der Waals surface area contributed by atoms with Gasteiger partial charge in [0.25, 0.3) is 0 Å². The molecule has 4 heteroatoms. The number of pyridine rings is 2. The predicted molar refractivity (Wildman–Crippen MR) is 151 cm³/mol. The molecule has 0 fully saturated rings. The Morgan fingerprint density at radius 1 is 0.649 bits per heavy atom. The quantitative estimate of drug-likeness (QED) is 0.229. The molecule has 8 aromatic rings. The molecule has 0 N–H and O–H groups in total. The molecule has 0 atom stereocenters. The highest BCUT2D eigenvalue weighted by molar-refractivity contribution is 6.16. The minimum absolute atomic E-state index is 0.915. The second-order valence-electron chi connectivity index (χ2n) is 9.92. The molecule has 4 aromatic carbocycles. The highest BCUT2D eigenvalue weighted by Crippen LogP contribution is 2.46. The van der Waals surface area contributed by atoms with E-state index >= 15 is 0 Å². The van der Waals surface area contributed by atoms with Crippen LogP contribution >= 0.6 is 0 Å². The molecule has 0 bridgehead atoms. The molecule has 1 aliphatic carbocycles. The van der Waals surface area contributed by atoms with Crippen molar-refractivity contribution in [2.24, 2.45) is 0 Å². The van der Waals surface area contributed by atoms with Crippen LogP contribution in [0.5, 0.6) is 0 Å². The third kappa shape index (κ3) is 2.42. The van der Waals surface area contributed by atoms with Gasteiger partial charge in [-0.3, -0.25) is 9.38 Å². The number of imidazole rings is 1. The van der Waals surface area contributed by atoms with Gasteiger partial charge in [-0.25, -0.2) is 4.98 Å². The number of fused-ring (bicyclic) bond motifs is 13. The Morgan fingerprint density at radius 2 is 1.54 bits per heavy atom. The molecular formula is C33H20N4. The number of nitrogens with zero attached hydrogens (tertiary/aromatic N) is 4. The van der Waals surface area contributed by atoms with Crippen LogP contribution in [0.4, 0.5) is 0 Å². The Balaban J connectivity index is 1.39. The molecule has 9 rings (SSSR count). The molecule has 0 spiro atoms. The van der Waals surface area contributed by atoms with Crippen molar-refractivity contribution >= 4 is 49.1 Å². The van der Waals surface area contributed by atoms with Gasteiger partial charge in [-0.05, 0) is 76.5 Å². The SMILES string of the molecule is c1ccc(-n2c3ccccc3c3c4c(ccc32)-c2cc3c5cnccc5n5ccnc5c3cc2C4)cc1. The second-order valence-corrected chi connectivity index (χ2v) is 9.92. The molecule has 4 nitrogen and oxygen atoms in total. The molecule has 172 valence electrons. The molecular weight excluding hydrogens is 452 g/mol. The largest absolute Gasteiger partial charge is 0.309 e. The van der Waals surface area contributed by atoms with E-state index in [1.54, 1.807) is 0 Å². The van der Waals surface area contributed by atoms with Crippen LogP contribution in [-0.2, 0) is 6.42 Å². The fraction of sp³-hybridized carbons (Fsp3) is 0.0303. The van der Waals surface area contributed by atoms with Gasteiger partial charge in [0.2, 0.25) is 0 Å². The van der Waals surface area contributed by atoms with Gasteiger partial charge in [0.1, 0.15) is 5.65 Å². The van der Waals surface area contributed by atoms with Crippen LogP contribution in [0.25, 0.3) is 65.9 Å². The normalized spacial score (nSPS) is 12.8. The lowest BCUT2D eigenvalue weighted by molar-refractivity contribution is 1.18. The van der Waals surface area contributed by atoms with Crippen LogP contribution in [0.15, 0.2) is 110 Å². The highest BCUT2D eigenvalue weighted by atomic mass is 15.0. The fourth-order valence-corrected chi connectivity index (χ4v) is 6.56. The van der Waals surface area contributed by atoms with Crippen LogP contribution in [0.3, 0.4) is 0 Å². The maximum Gasteiger partial charge on any atom is 0.145 e. The summed E-state index contributed by atoms with van der Waals surface area (Å²) in [4.78, 5) is 9.20. The van der Waals surface area contributed by atoms with E-state index in [4.69, 9.17) is 4.98 Å². The monoisotopic (exact) mass is 472 g/mol. The average Bonchev–Trinajstić information content (AvgIpc) is 3.66. The minimum atomic E-state index is 0.915. The first-order chi connectivity index (χ1) is 18.4. The van der Waals surface area contributed by atoms with Crippen LogP contribution in [0.1, 0.15) is 11.1 Å². The third-order valence-corrected chi connectivity index (χ3v) is 8.09. The van der Waals surface area contributed by atoms with Gasteiger partial charge in [-0.2, -0.15) is 0 Å². The van der Waals surface area contributed by atoms with E-state index in [9.17, 15) is 0 Å². The summed E-state index contributed by atoms with van der Waals surface area (Å²) in [5.41, 5.74) is 11.3. The first kappa shape index (κ1) is 19.3. The number of para-hydroxylation sites is 2. The van der Waals surface area contributed by atoms with E-state index < -0.39 is 0 Å². The number of hydrogen-bond donors (Lipinski definition) is 0. The van der Waals surface area contributed by atoms with Gasteiger partial charge >= 0.3 is 0 Å². The van der Waals surface area contributed by atoms with Crippen molar-refractivity contribution < 1.29 is 0 Å². The van der Waals surface area contributed by atoms with Gasteiger partial charge in [0, 0.05) is 52.0 Å². The smallest absolute Gasteiger partial charge is 0.145 e. The van der Waals surface area contributed by atoms with Gasteiger partial charge in [-0.1, -0.05) is 42.5 Å². The molecule has 37 heavy (non-hydrogen) atoms. The zero-order chi connectivity index (χ0) is 24.1. The van der Waals surface area contributed by atoms with Crippen molar-refractivity contribution in [2.45, 2.75) is 6.42 Å². The van der Waals surface area contributed by atoms with E-state index in [-0.39, 0.29) is 0 Å². The van der Waals surface area contributed by atoms with Crippen molar-refractivity contribution in [3.05, 3.63) is 121 Å². The molecule has 0 aliphatic heterocycles. The third-order valence-electron chi connectivity index (χ3n) is 8.09. The molecule has 4 heterocycles. The fourth-order valence-electron chi connectivity index (χ4n) is 6.56. The van der Waals surface area contributed by atoms with Crippen molar-refractivity contribution in [2.75, 3.05) is 0 Å². The molecule has 0 saturated heterocycles. The summed E-state index contributed by atoms with van der Waals surface area (Å²) in [5.74, 6) is 0. The molecule has 4 aromatic heterocycles. The Hall–Kier alpha value is -4.96. The zero-order valence-corrected chi connectivity index (χ0v) is 19.9. The topological polar surface area (TPSA) is 35.1 Å². The predicted octanol–water partition coefficient (Wildman–Crippen LogP) is 7.70. The first-order valence-corrected chi connectivity index (χ1v) is 12.6. The molecule has 0 radical (unpaired) electrons. The maximum atomic E-state index is 4.74. The minimum Gasteiger partial charge on any atom is -0.309 e. The summed E-state index contributed by atoms with van der Waals surface area (Å²) in [6, 6.07) is 30.9. The van der Waals surface area contributed by atoms with Crippen molar-refractivity contribution in [1.82, 2.24) is 18.9 Å². The molecule has 1 aliphatic rings. The second kappa shape index (κ2) is 6.83. The number of benzene rings is 4. The lowest BCUT2D eigenvalue weighted by Gasteiger charge is -2.10. The Morgan fingerprint density at radius 3 is 2.49 bits per heavy atom. The Kier molecular flexibility index (Phi) is 3.55. The van der Waals surface area contributed by atoms with E-state index in [0.717, 1.165) is 23.0 Å². The van der Waals surface area contributed by atoms with Gasteiger partial charge in [0.05, 0.1) is 16.6 Å². The summed E-state index contributed by atoms with van der Waals surface area (Å²) < 4.78 is 4.58. The molecule has 0 amide bonds. The zero-order valence-electron chi connectivity index (χ0n) is 19.9. The van der Waals surface area contributed by atoms with Crippen LogP contribution < -0.4 is 0 Å². The van der Waals surface area contributed by atoms with E-state index in [1.165, 1.54) is 60.5 Å². The van der Waals surface area contributed by atoms with Gasteiger partial charge in [0.15, 0.2) is 0 Å². The number of rotatable bonds is 1. The number of hydrogen-bond acceptors (Lipinski definition) is 2. The molecule has 0 saturated carbocycles. The number of aromatic nitrogens is 4. The maximum absolute atomic E-state index is 4.74. The lowest BCUT2D eigenvalue weighted by Crippen LogP contribution is -1.93. The van der Waals surface area contributed by atoms with Crippen LogP contribution in [0, 0.1) is 0 Å². The lowest BCUT2D eigenvalue weighted by atomic mass is 9.98. The van der Waals surface area contributed by atoms with Crippen molar-refractivity contribution in [3.8, 4) is 16.8 Å². The summed E-state index contributed by atoms with van der Waals surface area (Å²) >= 11 is 0. The van der Waals surface area contributed by atoms with Crippen molar-refractivity contribution in [3.63, 3.8) is 0 Å². The Labute approximate surface area is 212 Å². The Bertz CT molecular complexity index is 2220. The van der Waals surface area contributed by atoms with E-state index in [1.807, 2.05) is 24.8 Å². The van der Waals surface area contributed by atoms with Crippen LogP contribution in [0.2, 0.25) is 0 Å². The summed E-state index contributed by atoms with van der Waals surface area (Å²) in [6.07, 6.45) is 8.68. The highest BCUT2D eigenvalue weighted by Gasteiger charge is 2.26. The van der Waals surface area contributed by atoms with E-state index in [0.29, 0.717) is 0 Å². The van der Waals surface area contributed by atoms with Gasteiger partial charge in [-0.15, -0.1) is 0 Å². The van der Waals surface area contributed by atoms with E-state index in [2.05, 4.69) is 98.9 Å². The first-order valence-electron chi connectivity index (χ1n) is 12.6. The standard InChI is InChI=1S/C33H20N4/c1-2-6-21(7-3-1)37-30-9-5-4-8-23(30)32-26-16-20-17-27-25(18-24(20)22(26)10-11-31(32)37)28-19-34-13-12-29(28)36-15-14-35-33(27)36/h1-15,17-19H,16H2. The summed E-state index contributed by atoms with van der Waals surface area (Å²) in [7, 11) is 0. The average molecular weight is 473 g/mol. The summed E-state index contributed by atoms with van der Waals surface area (Å²) in [5, 5.41) is 6.21. The molecule has 0 unspecified atom stereocenters. The van der Waals surface area contributed by atoms with Crippen molar-refractivity contribution in [1.29, 1.82) is 0 Å².